The van der Waals surface area contributed by atoms with Crippen molar-refractivity contribution in [1.82, 2.24) is 0 Å². The molecule has 2 N–H and O–H groups in total. The Morgan fingerprint density at radius 3 is 1.95 bits per heavy atom. The minimum atomic E-state index is -2.94. The second-order valence-corrected chi connectivity index (χ2v) is 14.1. The molecule has 4 aromatic carbocycles. The second-order valence-electron chi connectivity index (χ2n) is 9.88. The van der Waals surface area contributed by atoms with Gasteiger partial charge in [0.1, 0.15) is 5.75 Å². The van der Waals surface area contributed by atoms with Crippen LogP contribution in [0, 0.1) is 11.3 Å². The van der Waals surface area contributed by atoms with E-state index in [1.807, 2.05) is 36.4 Å². The van der Waals surface area contributed by atoms with Crippen molar-refractivity contribution in [2.75, 3.05) is 12.8 Å². The number of carbonyl (C=O) groups is 1. The van der Waals surface area contributed by atoms with Gasteiger partial charge in [0.2, 0.25) is 0 Å². The number of rotatable bonds is 7. The maximum atomic E-state index is 13.3. The second kappa shape index (κ2) is 10.3. The molecule has 4 rings (SSSR count). The molecule has 0 aromatic heterocycles. The number of nitrogens with zero attached hydrogens (tertiary/aromatic N) is 1. The van der Waals surface area contributed by atoms with Crippen LogP contribution in [0.2, 0.25) is 5.04 Å². The van der Waals surface area contributed by atoms with Gasteiger partial charge in [0.15, 0.2) is 11.5 Å². The SMILES string of the molecule is COc1cc(C(=O)c2cccc(C#N)c2)c(N)cc1O[Si](c1ccccc1)(c1ccccc1)C(C)(C)C. The summed E-state index contributed by atoms with van der Waals surface area (Å²) in [6.07, 6.45) is 0. The molecule has 0 fully saturated rings. The van der Waals surface area contributed by atoms with Crippen molar-refractivity contribution in [3.63, 3.8) is 0 Å². The van der Waals surface area contributed by atoms with Gasteiger partial charge in [-0.15, -0.1) is 0 Å². The molecule has 0 saturated heterocycles. The number of nitrogen functional groups attached to an aromatic ring is 1. The molecule has 0 heterocycles. The average Bonchev–Trinajstić information content (AvgIpc) is 2.91. The molecule has 0 atom stereocenters. The average molecular weight is 507 g/mol. The van der Waals surface area contributed by atoms with E-state index >= 15 is 0 Å². The molecule has 5 nitrogen and oxygen atoms in total. The number of nitrogens with two attached hydrogens (primary N) is 1. The number of anilines is 1. The normalized spacial score (nSPS) is 11.4. The van der Waals surface area contributed by atoms with E-state index in [-0.39, 0.29) is 16.5 Å². The van der Waals surface area contributed by atoms with Crippen molar-refractivity contribution >= 4 is 30.2 Å². The van der Waals surface area contributed by atoms with Gasteiger partial charge in [-0.05, 0) is 33.6 Å². The minimum absolute atomic E-state index is 0.262. The number of benzene rings is 4. The summed E-state index contributed by atoms with van der Waals surface area (Å²) in [5.74, 6) is 0.614. The molecule has 37 heavy (non-hydrogen) atoms. The zero-order valence-corrected chi connectivity index (χ0v) is 22.5. The molecule has 0 bridgehead atoms. The van der Waals surface area contributed by atoms with E-state index in [4.69, 9.17) is 14.9 Å². The quantitative estimate of drug-likeness (QED) is 0.208. The van der Waals surface area contributed by atoms with Crippen molar-refractivity contribution in [2.24, 2.45) is 0 Å². The lowest BCUT2D eigenvalue weighted by molar-refractivity contribution is 0.103. The van der Waals surface area contributed by atoms with E-state index in [0.29, 0.717) is 28.2 Å². The smallest absolute Gasteiger partial charge is 0.320 e. The summed E-state index contributed by atoms with van der Waals surface area (Å²) >= 11 is 0. The molecule has 0 amide bonds. The van der Waals surface area contributed by atoms with E-state index in [9.17, 15) is 10.1 Å². The first-order valence-corrected chi connectivity index (χ1v) is 13.9. The standard InChI is InChI=1S/C31H30N2O3Si/c1-31(2,3)37(24-14-7-5-8-15-24,25-16-9-6-10-17-25)36-29-20-27(33)26(19-28(29)35-4)30(34)23-13-11-12-22(18-23)21-32/h5-20H,33H2,1-4H3. The van der Waals surface area contributed by atoms with Crippen LogP contribution >= 0.6 is 0 Å². The Hall–Kier alpha value is -4.34. The molecule has 0 aliphatic heterocycles. The Morgan fingerprint density at radius 2 is 1.43 bits per heavy atom. The van der Waals surface area contributed by atoms with E-state index in [2.05, 4.69) is 51.1 Å². The molecular formula is C31H30N2O3Si. The highest BCUT2D eigenvalue weighted by molar-refractivity contribution is 7.00. The van der Waals surface area contributed by atoms with Crippen LogP contribution in [0.4, 0.5) is 5.69 Å². The number of nitriles is 1. The van der Waals surface area contributed by atoms with Crippen LogP contribution in [0.1, 0.15) is 42.3 Å². The van der Waals surface area contributed by atoms with Crippen LogP contribution in [-0.4, -0.2) is 21.2 Å². The lowest BCUT2D eigenvalue weighted by atomic mass is 10.00. The topological polar surface area (TPSA) is 85.3 Å². The van der Waals surface area contributed by atoms with Crippen LogP contribution < -0.4 is 25.3 Å². The van der Waals surface area contributed by atoms with Crippen molar-refractivity contribution in [2.45, 2.75) is 25.8 Å². The molecule has 0 aliphatic carbocycles. The Morgan fingerprint density at radius 1 is 0.838 bits per heavy atom. The number of hydrogen-bond acceptors (Lipinski definition) is 5. The third-order valence-corrected chi connectivity index (χ3v) is 11.4. The maximum Gasteiger partial charge on any atom is 0.320 e. The van der Waals surface area contributed by atoms with Gasteiger partial charge in [-0.25, -0.2) is 0 Å². The van der Waals surface area contributed by atoms with Crippen molar-refractivity contribution in [3.8, 4) is 17.6 Å². The number of carbonyl (C=O) groups excluding carboxylic acids is 1. The summed E-state index contributed by atoms with van der Waals surface area (Å²) in [7, 11) is -1.39. The highest BCUT2D eigenvalue weighted by Crippen LogP contribution is 2.41. The third kappa shape index (κ3) is 4.86. The van der Waals surface area contributed by atoms with E-state index < -0.39 is 8.32 Å². The summed E-state index contributed by atoms with van der Waals surface area (Å²) < 4.78 is 12.8. The predicted molar refractivity (Wildman–Crippen MR) is 150 cm³/mol. The van der Waals surface area contributed by atoms with Gasteiger partial charge >= 0.3 is 8.32 Å². The minimum Gasteiger partial charge on any atom is -0.531 e. The summed E-state index contributed by atoms with van der Waals surface area (Å²) in [6, 6.07) is 32.5. The molecule has 0 unspecified atom stereocenters. The predicted octanol–water partition coefficient (Wildman–Crippen LogP) is 5.32. The van der Waals surface area contributed by atoms with Crippen LogP contribution in [0.15, 0.2) is 97.1 Å². The van der Waals surface area contributed by atoms with Crippen LogP contribution in [0.5, 0.6) is 11.5 Å². The number of ketones is 1. The molecule has 0 aliphatic rings. The number of ether oxygens (including phenoxy) is 1. The Balaban J connectivity index is 1.88. The monoisotopic (exact) mass is 506 g/mol. The number of hydrogen-bond donors (Lipinski definition) is 1. The zero-order valence-electron chi connectivity index (χ0n) is 21.5. The maximum absolute atomic E-state index is 13.3. The summed E-state index contributed by atoms with van der Waals surface area (Å²) in [5, 5.41) is 11.2. The third-order valence-electron chi connectivity index (χ3n) is 6.51. The Kier molecular flexibility index (Phi) is 7.19. The fourth-order valence-electron chi connectivity index (χ4n) is 4.71. The molecular weight excluding hydrogens is 476 g/mol. The first-order chi connectivity index (χ1) is 17.7. The lowest BCUT2D eigenvalue weighted by Gasteiger charge is -2.43. The first kappa shape index (κ1) is 25.7. The van der Waals surface area contributed by atoms with Crippen LogP contribution in [0.25, 0.3) is 0 Å². The first-order valence-electron chi connectivity index (χ1n) is 12.0. The lowest BCUT2D eigenvalue weighted by Crippen LogP contribution is -2.68. The van der Waals surface area contributed by atoms with Crippen LogP contribution in [0.3, 0.4) is 0 Å². The van der Waals surface area contributed by atoms with E-state index in [0.717, 1.165) is 10.4 Å². The Labute approximate surface area is 219 Å². The summed E-state index contributed by atoms with van der Waals surface area (Å²) in [4.78, 5) is 13.3. The highest BCUT2D eigenvalue weighted by atomic mass is 28.4. The highest BCUT2D eigenvalue weighted by Gasteiger charge is 2.52. The van der Waals surface area contributed by atoms with Gasteiger partial charge in [0.25, 0.3) is 0 Å². The number of methoxy groups -OCH3 is 1. The molecule has 0 saturated carbocycles. The van der Waals surface area contributed by atoms with Gasteiger partial charge in [0.05, 0.1) is 18.7 Å². The van der Waals surface area contributed by atoms with Crippen LogP contribution in [-0.2, 0) is 0 Å². The van der Waals surface area contributed by atoms with Gasteiger partial charge in [0, 0.05) is 22.9 Å². The zero-order chi connectivity index (χ0) is 26.6. The molecule has 0 spiro atoms. The molecule has 0 radical (unpaired) electrons. The van der Waals surface area contributed by atoms with E-state index in [1.54, 1.807) is 43.5 Å². The van der Waals surface area contributed by atoms with Crippen molar-refractivity contribution < 1.29 is 14.0 Å². The Bertz CT molecular complexity index is 1420. The van der Waals surface area contributed by atoms with Gasteiger partial charge < -0.3 is 14.9 Å². The van der Waals surface area contributed by atoms with Crippen molar-refractivity contribution in [3.05, 3.63) is 114 Å². The van der Waals surface area contributed by atoms with E-state index in [1.165, 1.54) is 0 Å². The van der Waals surface area contributed by atoms with Crippen molar-refractivity contribution in [1.29, 1.82) is 5.26 Å². The largest absolute Gasteiger partial charge is 0.531 e. The summed E-state index contributed by atoms with van der Waals surface area (Å²) in [5.41, 5.74) is 7.81. The molecule has 186 valence electrons. The summed E-state index contributed by atoms with van der Waals surface area (Å²) in [6.45, 7) is 6.57. The molecule has 6 heteroatoms. The fourth-order valence-corrected chi connectivity index (χ4v) is 9.13. The van der Waals surface area contributed by atoms with Gasteiger partial charge in [-0.2, -0.15) is 5.26 Å². The van der Waals surface area contributed by atoms with Gasteiger partial charge in [-0.3, -0.25) is 4.79 Å². The van der Waals surface area contributed by atoms with Gasteiger partial charge in [-0.1, -0.05) is 93.6 Å². The fraction of sp³-hybridized carbons (Fsp3) is 0.161. The molecule has 4 aromatic rings.